The summed E-state index contributed by atoms with van der Waals surface area (Å²) >= 11 is 0. The molecule has 2 unspecified atom stereocenters. The number of anilines is 1. The van der Waals surface area contributed by atoms with Crippen LogP contribution in [-0.2, 0) is 20.7 Å². The molecule has 0 radical (unpaired) electrons. The summed E-state index contributed by atoms with van der Waals surface area (Å²) in [6.45, 7) is 12.2. The Balaban J connectivity index is 2.07. The second-order valence-electron chi connectivity index (χ2n) is 11.8. The number of hydrogen-bond donors (Lipinski definition) is 3. The van der Waals surface area contributed by atoms with Crippen LogP contribution >= 0.6 is 0 Å². The number of alkyl carbamates (subject to hydrolysis) is 1. The highest BCUT2D eigenvalue weighted by Crippen LogP contribution is 2.33. The number of aliphatic hydroxyl groups is 1. The molecule has 0 fully saturated rings. The lowest BCUT2D eigenvalue weighted by atomic mass is 9.91. The zero-order valence-electron chi connectivity index (χ0n) is 25.2. The summed E-state index contributed by atoms with van der Waals surface area (Å²) in [4.78, 5) is 42.4. The molecule has 0 bridgehead atoms. The zero-order valence-corrected chi connectivity index (χ0v) is 25.2. The standard InChI is InChI=1S/C33H43N3O5/c1-8-22-14-16-24(17-15-22)28(29(38)34-26-19-18-23-12-10-11-13-25(23)20-26)36(33(6,7)9-2)30(39)27(21-37)35-31(40)41-32(3,4)5/h10-20,27-28,37H,8-9,21H2,1-7H3,(H,34,38)(H,35,40). The first-order chi connectivity index (χ1) is 19.3. The number of hydrogen-bond acceptors (Lipinski definition) is 5. The Bertz CT molecular complexity index is 1360. The number of benzene rings is 3. The maximum Gasteiger partial charge on any atom is 0.408 e. The Hall–Kier alpha value is -3.91. The van der Waals surface area contributed by atoms with Crippen molar-refractivity contribution >= 4 is 34.4 Å². The smallest absolute Gasteiger partial charge is 0.408 e. The van der Waals surface area contributed by atoms with Crippen LogP contribution in [0.2, 0.25) is 0 Å². The van der Waals surface area contributed by atoms with Gasteiger partial charge in [-0.25, -0.2) is 4.79 Å². The van der Waals surface area contributed by atoms with E-state index >= 15 is 0 Å². The second-order valence-corrected chi connectivity index (χ2v) is 11.8. The third-order valence-corrected chi connectivity index (χ3v) is 7.15. The zero-order chi connectivity index (χ0) is 30.4. The topological polar surface area (TPSA) is 108 Å². The van der Waals surface area contributed by atoms with Gasteiger partial charge in [0, 0.05) is 11.2 Å². The number of aryl methyl sites for hydroxylation is 1. The van der Waals surface area contributed by atoms with Crippen LogP contribution in [0.25, 0.3) is 10.8 Å². The number of nitrogens with one attached hydrogen (secondary N) is 2. The molecule has 3 aromatic carbocycles. The molecule has 0 aliphatic heterocycles. The molecular weight excluding hydrogens is 518 g/mol. The summed E-state index contributed by atoms with van der Waals surface area (Å²) in [6.07, 6.45) is 0.503. The van der Waals surface area contributed by atoms with Crippen LogP contribution in [0, 0.1) is 0 Å². The van der Waals surface area contributed by atoms with E-state index in [-0.39, 0.29) is 0 Å². The van der Waals surface area contributed by atoms with E-state index in [1.807, 2.05) is 94.4 Å². The lowest BCUT2D eigenvalue weighted by Crippen LogP contribution is -2.59. The first kappa shape index (κ1) is 31.6. The molecule has 0 aliphatic carbocycles. The van der Waals surface area contributed by atoms with E-state index in [1.165, 1.54) is 4.90 Å². The summed E-state index contributed by atoms with van der Waals surface area (Å²) in [7, 11) is 0. The van der Waals surface area contributed by atoms with Gasteiger partial charge < -0.3 is 25.4 Å². The number of amides is 3. The maximum atomic E-state index is 14.2. The summed E-state index contributed by atoms with van der Waals surface area (Å²) in [6, 6.07) is 18.7. The molecule has 0 aliphatic rings. The maximum absolute atomic E-state index is 14.2. The van der Waals surface area contributed by atoms with Crippen molar-refractivity contribution in [2.75, 3.05) is 11.9 Å². The molecule has 220 valence electrons. The van der Waals surface area contributed by atoms with E-state index in [2.05, 4.69) is 10.6 Å². The molecule has 3 amide bonds. The minimum atomic E-state index is -1.32. The van der Waals surface area contributed by atoms with E-state index in [9.17, 15) is 19.5 Å². The number of aliphatic hydroxyl groups excluding tert-OH is 1. The van der Waals surface area contributed by atoms with Crippen LogP contribution in [0.4, 0.5) is 10.5 Å². The highest BCUT2D eigenvalue weighted by Gasteiger charge is 2.43. The molecule has 41 heavy (non-hydrogen) atoms. The SMILES string of the molecule is CCc1ccc(C(C(=O)Nc2ccc3ccccc3c2)N(C(=O)C(CO)NC(=O)OC(C)(C)C)C(C)(C)CC)cc1. The van der Waals surface area contributed by atoms with Crippen LogP contribution in [0.1, 0.15) is 72.1 Å². The van der Waals surface area contributed by atoms with Crippen molar-refractivity contribution in [2.24, 2.45) is 0 Å². The Morgan fingerprint density at radius 3 is 2.10 bits per heavy atom. The van der Waals surface area contributed by atoms with Gasteiger partial charge in [0.15, 0.2) is 0 Å². The van der Waals surface area contributed by atoms with Gasteiger partial charge in [0.25, 0.3) is 5.91 Å². The third kappa shape index (κ3) is 8.07. The fraction of sp³-hybridized carbons (Fsp3) is 0.424. The van der Waals surface area contributed by atoms with Crippen LogP contribution in [-0.4, -0.2) is 51.7 Å². The van der Waals surface area contributed by atoms with Gasteiger partial charge in [-0.3, -0.25) is 9.59 Å². The normalized spacial score (nSPS) is 13.3. The molecule has 3 N–H and O–H groups in total. The summed E-state index contributed by atoms with van der Waals surface area (Å²) < 4.78 is 5.33. The van der Waals surface area contributed by atoms with Crippen molar-refractivity contribution in [1.82, 2.24) is 10.2 Å². The van der Waals surface area contributed by atoms with E-state index in [0.29, 0.717) is 17.7 Å². The quantitative estimate of drug-likeness (QED) is 0.282. The van der Waals surface area contributed by atoms with Gasteiger partial charge in [-0.15, -0.1) is 0 Å². The fourth-order valence-electron chi connectivity index (χ4n) is 4.58. The van der Waals surface area contributed by atoms with E-state index in [4.69, 9.17) is 4.74 Å². The van der Waals surface area contributed by atoms with E-state index in [1.54, 1.807) is 20.8 Å². The predicted octanol–water partition coefficient (Wildman–Crippen LogP) is 5.98. The Kier molecular flexibility index (Phi) is 10.2. The molecule has 0 heterocycles. The summed E-state index contributed by atoms with van der Waals surface area (Å²) in [5.74, 6) is -1.00. The van der Waals surface area contributed by atoms with Crippen molar-refractivity contribution in [3.8, 4) is 0 Å². The van der Waals surface area contributed by atoms with Gasteiger partial charge in [0.05, 0.1) is 6.61 Å². The van der Waals surface area contributed by atoms with Crippen LogP contribution in [0.3, 0.4) is 0 Å². The third-order valence-electron chi connectivity index (χ3n) is 7.15. The largest absolute Gasteiger partial charge is 0.444 e. The molecular formula is C33H43N3O5. The van der Waals surface area contributed by atoms with Crippen molar-refractivity contribution in [2.45, 2.75) is 84.5 Å². The summed E-state index contributed by atoms with van der Waals surface area (Å²) in [5, 5.41) is 17.7. The van der Waals surface area contributed by atoms with Gasteiger partial charge >= 0.3 is 6.09 Å². The van der Waals surface area contributed by atoms with E-state index < -0.39 is 47.7 Å². The minimum absolute atomic E-state index is 0.409. The molecule has 0 aromatic heterocycles. The second kappa shape index (κ2) is 13.2. The van der Waals surface area contributed by atoms with Gasteiger partial charge in [0.1, 0.15) is 17.7 Å². The monoisotopic (exact) mass is 561 g/mol. The van der Waals surface area contributed by atoms with Crippen molar-refractivity contribution in [1.29, 1.82) is 0 Å². The molecule has 8 heteroatoms. The lowest BCUT2D eigenvalue weighted by molar-refractivity contribution is -0.148. The van der Waals surface area contributed by atoms with Crippen molar-refractivity contribution < 1.29 is 24.2 Å². The van der Waals surface area contributed by atoms with Crippen LogP contribution in [0.15, 0.2) is 66.7 Å². The first-order valence-corrected chi connectivity index (χ1v) is 14.1. The van der Waals surface area contributed by atoms with Gasteiger partial charge in [-0.05, 0) is 81.5 Å². The summed E-state index contributed by atoms with van der Waals surface area (Å²) in [5.41, 5.74) is 0.684. The molecule has 3 aromatic rings. The molecule has 0 saturated heterocycles. The number of carbonyl (C=O) groups excluding carboxylic acids is 3. The Morgan fingerprint density at radius 2 is 1.54 bits per heavy atom. The number of rotatable bonds is 10. The molecule has 3 rings (SSSR count). The minimum Gasteiger partial charge on any atom is -0.444 e. The number of ether oxygens (including phenoxy) is 1. The van der Waals surface area contributed by atoms with Crippen molar-refractivity contribution in [3.63, 3.8) is 0 Å². The fourth-order valence-corrected chi connectivity index (χ4v) is 4.58. The lowest BCUT2D eigenvalue weighted by Gasteiger charge is -2.44. The Labute approximate surface area is 243 Å². The average molecular weight is 562 g/mol. The molecule has 2 atom stereocenters. The number of carbonyl (C=O) groups is 3. The number of nitrogens with zero attached hydrogens (tertiary/aromatic N) is 1. The highest BCUT2D eigenvalue weighted by molar-refractivity contribution is 6.00. The van der Waals surface area contributed by atoms with Gasteiger partial charge in [-0.2, -0.15) is 0 Å². The molecule has 0 saturated carbocycles. The predicted molar refractivity (Wildman–Crippen MR) is 163 cm³/mol. The number of fused-ring (bicyclic) bond motifs is 1. The molecule has 0 spiro atoms. The first-order valence-electron chi connectivity index (χ1n) is 14.1. The average Bonchev–Trinajstić information content (AvgIpc) is 2.93. The van der Waals surface area contributed by atoms with Gasteiger partial charge in [0.2, 0.25) is 5.91 Å². The van der Waals surface area contributed by atoms with Crippen molar-refractivity contribution in [3.05, 3.63) is 77.9 Å². The molecule has 8 nitrogen and oxygen atoms in total. The van der Waals surface area contributed by atoms with Crippen LogP contribution < -0.4 is 10.6 Å². The highest BCUT2D eigenvalue weighted by atomic mass is 16.6. The van der Waals surface area contributed by atoms with Crippen LogP contribution in [0.5, 0.6) is 0 Å². The van der Waals surface area contributed by atoms with Gasteiger partial charge in [-0.1, -0.05) is 68.4 Å². The van der Waals surface area contributed by atoms with E-state index in [0.717, 1.165) is 22.8 Å². The Morgan fingerprint density at radius 1 is 0.902 bits per heavy atom.